The van der Waals surface area contributed by atoms with E-state index in [4.69, 9.17) is 0 Å². The smallest absolute Gasteiger partial charge is 0.170 e. The van der Waals surface area contributed by atoms with E-state index in [1.54, 1.807) is 0 Å². The van der Waals surface area contributed by atoms with Gasteiger partial charge in [-0.25, -0.2) is 0 Å². The first-order valence-electron chi connectivity index (χ1n) is 9.64. The number of benzene rings is 2. The first-order valence-corrected chi connectivity index (χ1v) is 10.4. The third-order valence-corrected chi connectivity index (χ3v) is 6.34. The number of hydrogen-bond donors (Lipinski definition) is 1. The van der Waals surface area contributed by atoms with E-state index in [-0.39, 0.29) is 0 Å². The predicted octanol–water partition coefficient (Wildman–Crippen LogP) is 4.20. The highest BCUT2D eigenvalue weighted by molar-refractivity contribution is 9.10. The van der Waals surface area contributed by atoms with Crippen LogP contribution >= 0.6 is 15.9 Å². The Labute approximate surface area is 166 Å². The zero-order valence-corrected chi connectivity index (χ0v) is 16.5. The summed E-state index contributed by atoms with van der Waals surface area (Å²) in [4.78, 5) is 2.45. The summed E-state index contributed by atoms with van der Waals surface area (Å²) in [6.07, 6.45) is 3.78. The molecule has 1 aliphatic carbocycles. The fourth-order valence-electron chi connectivity index (χ4n) is 4.35. The van der Waals surface area contributed by atoms with Crippen molar-refractivity contribution in [3.63, 3.8) is 0 Å². The quantitative estimate of drug-likeness (QED) is 0.685. The molecule has 0 spiro atoms. The van der Waals surface area contributed by atoms with E-state index >= 15 is 0 Å². The van der Waals surface area contributed by atoms with Gasteiger partial charge < -0.3 is 10.2 Å². The summed E-state index contributed by atoms with van der Waals surface area (Å²) in [7, 11) is 0. The minimum absolute atomic E-state index is 0.741. The van der Waals surface area contributed by atoms with Crippen molar-refractivity contribution in [2.45, 2.75) is 25.8 Å². The van der Waals surface area contributed by atoms with Crippen LogP contribution in [-0.2, 0) is 13.0 Å². The van der Waals surface area contributed by atoms with Gasteiger partial charge >= 0.3 is 0 Å². The molecule has 27 heavy (non-hydrogen) atoms. The van der Waals surface area contributed by atoms with Gasteiger partial charge in [0.25, 0.3) is 0 Å². The largest absolute Gasteiger partial charge is 0.339 e. The summed E-state index contributed by atoms with van der Waals surface area (Å²) in [5, 5.41) is 12.8. The van der Waals surface area contributed by atoms with Crippen LogP contribution in [0.25, 0.3) is 17.1 Å². The third kappa shape index (κ3) is 2.47. The lowest BCUT2D eigenvalue weighted by Crippen LogP contribution is -2.20. The van der Waals surface area contributed by atoms with E-state index in [9.17, 15) is 0 Å². The predicted molar refractivity (Wildman–Crippen MR) is 110 cm³/mol. The molecule has 136 valence electrons. The monoisotopic (exact) mass is 421 g/mol. The standard InChI is InChI=1S/C21H20BrN5/c22-15-6-7-17-18(10-15)27-19(12-23-11-13-4-5-13)24-25-21(27)16-3-1-2-14-8-9-26(17)20(14)16/h1-3,6-7,10,13,23H,4-5,8-9,11-12H2. The lowest BCUT2D eigenvalue weighted by atomic mass is 10.1. The lowest BCUT2D eigenvalue weighted by Gasteiger charge is -2.22. The molecule has 2 aliphatic heterocycles. The van der Waals surface area contributed by atoms with Gasteiger partial charge in [-0.15, -0.1) is 10.2 Å². The lowest BCUT2D eigenvalue weighted by molar-refractivity contribution is 0.612. The van der Waals surface area contributed by atoms with E-state index in [0.29, 0.717) is 0 Å². The molecule has 0 atom stereocenters. The van der Waals surface area contributed by atoms with Gasteiger partial charge in [0.15, 0.2) is 11.6 Å². The minimum Gasteiger partial charge on any atom is -0.339 e. The first-order chi connectivity index (χ1) is 13.3. The summed E-state index contributed by atoms with van der Waals surface area (Å²) < 4.78 is 3.32. The topological polar surface area (TPSA) is 46.0 Å². The van der Waals surface area contributed by atoms with Crippen molar-refractivity contribution >= 4 is 27.3 Å². The van der Waals surface area contributed by atoms with E-state index < -0.39 is 0 Å². The van der Waals surface area contributed by atoms with E-state index in [1.807, 2.05) is 0 Å². The molecule has 0 amide bonds. The van der Waals surface area contributed by atoms with Crippen LogP contribution in [0.1, 0.15) is 24.2 Å². The fraction of sp³-hybridized carbons (Fsp3) is 0.333. The van der Waals surface area contributed by atoms with Crippen molar-refractivity contribution in [1.29, 1.82) is 0 Å². The van der Waals surface area contributed by atoms with E-state index in [0.717, 1.165) is 53.8 Å². The zero-order valence-electron chi connectivity index (χ0n) is 15.0. The van der Waals surface area contributed by atoms with Gasteiger partial charge in [-0.05, 0) is 61.6 Å². The van der Waals surface area contributed by atoms with Crippen LogP contribution in [0.5, 0.6) is 0 Å². The molecule has 3 heterocycles. The molecule has 3 aliphatic rings. The Morgan fingerprint density at radius 2 is 2.04 bits per heavy atom. The molecule has 0 unspecified atom stereocenters. The second-order valence-corrected chi connectivity index (χ2v) is 8.61. The third-order valence-electron chi connectivity index (χ3n) is 5.85. The number of anilines is 2. The van der Waals surface area contributed by atoms with Gasteiger partial charge in [0, 0.05) is 16.6 Å². The highest BCUT2D eigenvalue weighted by atomic mass is 79.9. The molecule has 6 rings (SSSR count). The Morgan fingerprint density at radius 3 is 2.93 bits per heavy atom. The van der Waals surface area contributed by atoms with Crippen molar-refractivity contribution < 1.29 is 0 Å². The Balaban J connectivity index is 1.55. The molecule has 0 saturated heterocycles. The van der Waals surface area contributed by atoms with Crippen LogP contribution in [0.3, 0.4) is 0 Å². The van der Waals surface area contributed by atoms with Crippen LogP contribution in [0, 0.1) is 5.92 Å². The van der Waals surface area contributed by atoms with Crippen molar-refractivity contribution in [3.05, 3.63) is 52.3 Å². The molecule has 0 bridgehead atoms. The van der Waals surface area contributed by atoms with E-state index in [1.165, 1.54) is 35.3 Å². The Bertz CT molecular complexity index is 1050. The van der Waals surface area contributed by atoms with Gasteiger partial charge in [-0.2, -0.15) is 0 Å². The molecule has 1 fully saturated rings. The summed E-state index contributed by atoms with van der Waals surface area (Å²) in [6, 6.07) is 13.1. The number of nitrogens with zero attached hydrogens (tertiary/aromatic N) is 4. The average Bonchev–Trinajstić information content (AvgIpc) is 3.27. The molecule has 6 heteroatoms. The summed E-state index contributed by atoms with van der Waals surface area (Å²) >= 11 is 3.66. The first kappa shape index (κ1) is 15.8. The number of nitrogens with one attached hydrogen (secondary N) is 1. The molecule has 2 aromatic carbocycles. The Morgan fingerprint density at radius 1 is 1.11 bits per heavy atom. The molecule has 1 aromatic heterocycles. The summed E-state index contributed by atoms with van der Waals surface area (Å²) in [5.41, 5.74) is 6.25. The van der Waals surface area contributed by atoms with Crippen molar-refractivity contribution in [3.8, 4) is 17.1 Å². The molecule has 1 saturated carbocycles. The molecule has 3 aromatic rings. The van der Waals surface area contributed by atoms with Crippen LogP contribution in [0.4, 0.5) is 11.4 Å². The van der Waals surface area contributed by atoms with Gasteiger partial charge in [0.2, 0.25) is 0 Å². The number of aromatic nitrogens is 3. The van der Waals surface area contributed by atoms with Crippen LogP contribution < -0.4 is 10.2 Å². The number of fused-ring (bicyclic) bond motifs is 5. The molecule has 0 radical (unpaired) electrons. The van der Waals surface area contributed by atoms with E-state index in [2.05, 4.69) is 77.3 Å². The average molecular weight is 422 g/mol. The number of rotatable bonds is 4. The Kier molecular flexibility index (Phi) is 3.47. The van der Waals surface area contributed by atoms with Crippen LogP contribution in [0.2, 0.25) is 0 Å². The van der Waals surface area contributed by atoms with Gasteiger partial charge in [0.1, 0.15) is 0 Å². The second-order valence-electron chi connectivity index (χ2n) is 7.70. The van der Waals surface area contributed by atoms with Crippen LogP contribution in [-0.4, -0.2) is 27.9 Å². The summed E-state index contributed by atoms with van der Waals surface area (Å²) in [5.74, 6) is 2.77. The second kappa shape index (κ2) is 5.91. The van der Waals surface area contributed by atoms with Gasteiger partial charge in [0.05, 0.1) is 23.6 Å². The SMILES string of the molecule is Brc1ccc2c(c1)-n1c(CNCC3CC3)nnc1-c1cccc3c1N2CC3. The van der Waals surface area contributed by atoms with Gasteiger partial charge in [-0.3, -0.25) is 4.57 Å². The molecular weight excluding hydrogens is 402 g/mol. The van der Waals surface area contributed by atoms with Crippen LogP contribution in [0.15, 0.2) is 40.9 Å². The molecule has 5 nitrogen and oxygen atoms in total. The molecule has 1 N–H and O–H groups in total. The van der Waals surface area contributed by atoms with Gasteiger partial charge in [-0.1, -0.05) is 28.1 Å². The maximum Gasteiger partial charge on any atom is 0.170 e. The highest BCUT2D eigenvalue weighted by Gasteiger charge is 2.33. The maximum absolute atomic E-state index is 4.63. The number of hydrogen-bond acceptors (Lipinski definition) is 4. The normalized spacial score (nSPS) is 16.7. The fourth-order valence-corrected chi connectivity index (χ4v) is 4.70. The van der Waals surface area contributed by atoms with Crippen molar-refractivity contribution in [2.24, 2.45) is 5.92 Å². The number of halogens is 1. The zero-order chi connectivity index (χ0) is 18.0. The maximum atomic E-state index is 4.63. The van der Waals surface area contributed by atoms with Crippen molar-refractivity contribution in [2.75, 3.05) is 18.0 Å². The minimum atomic E-state index is 0.741. The highest BCUT2D eigenvalue weighted by Crippen LogP contribution is 2.47. The van der Waals surface area contributed by atoms with Crippen molar-refractivity contribution in [1.82, 2.24) is 20.1 Å². The number of para-hydroxylation sites is 1. The molecular formula is C21H20BrN5. The Hall–Kier alpha value is -2.18. The summed E-state index contributed by atoms with van der Waals surface area (Å²) in [6.45, 7) is 2.82.